The Morgan fingerprint density at radius 1 is 0.489 bits per heavy atom. The van der Waals surface area contributed by atoms with Crippen LogP contribution < -0.4 is 4.52 Å². The molecule has 1 atom stereocenters. The average Bonchev–Trinajstić information content (AvgIpc) is 2.90. The molecule has 4 rings (SSSR count). The van der Waals surface area contributed by atoms with Gasteiger partial charge in [0.05, 0.1) is 0 Å². The summed E-state index contributed by atoms with van der Waals surface area (Å²) in [4.78, 5) is 10.2. The van der Waals surface area contributed by atoms with E-state index in [-0.39, 0.29) is 21.7 Å². The zero-order chi connectivity index (χ0) is 33.7. The van der Waals surface area contributed by atoms with Crippen molar-refractivity contribution in [2.45, 2.75) is 119 Å². The molecule has 0 bridgehead atoms. The first-order chi connectivity index (χ1) is 20.7. The lowest BCUT2D eigenvalue weighted by molar-refractivity contribution is 0.515. The van der Waals surface area contributed by atoms with Crippen molar-refractivity contribution in [1.29, 1.82) is 0 Å². The predicted octanol–water partition coefficient (Wildman–Crippen LogP) is 12.4. The molecule has 0 aromatic heterocycles. The fraction of sp³-hybridized carbons (Fsp3) is 0.429. The summed E-state index contributed by atoms with van der Waals surface area (Å²) >= 11 is 0. The Kier molecular flexibility index (Phi) is 9.59. The summed E-state index contributed by atoms with van der Waals surface area (Å²) in [5.41, 5.74) is 14.6. The summed E-state index contributed by atoms with van der Waals surface area (Å²) < 4.78 is 6.12. The van der Waals surface area contributed by atoms with Crippen molar-refractivity contribution in [3.63, 3.8) is 0 Å². The highest BCUT2D eigenvalue weighted by Crippen LogP contribution is 2.51. The van der Waals surface area contributed by atoms with Crippen LogP contribution in [0.5, 0.6) is 5.75 Å². The molecule has 0 saturated carbocycles. The van der Waals surface area contributed by atoms with Crippen molar-refractivity contribution in [1.82, 2.24) is 0 Å². The molecule has 2 nitrogen and oxygen atoms in total. The van der Waals surface area contributed by atoms with Crippen molar-refractivity contribution in [3.05, 3.63) is 100 Å². The van der Waals surface area contributed by atoms with Crippen molar-refractivity contribution in [2.75, 3.05) is 0 Å². The molecule has 240 valence electrons. The van der Waals surface area contributed by atoms with Crippen molar-refractivity contribution in [3.8, 4) is 39.1 Å². The van der Waals surface area contributed by atoms with E-state index in [0.29, 0.717) is 5.75 Å². The third-order valence-electron chi connectivity index (χ3n) is 8.91. The van der Waals surface area contributed by atoms with Gasteiger partial charge < -0.3 is 9.42 Å². The number of rotatable bonds is 5. The smallest absolute Gasteiger partial charge is 0.212 e. The van der Waals surface area contributed by atoms with E-state index < -0.39 is 9.03 Å². The van der Waals surface area contributed by atoms with Gasteiger partial charge in [0.2, 0.25) is 9.03 Å². The van der Waals surface area contributed by atoms with Crippen LogP contribution in [0.2, 0.25) is 0 Å². The molecule has 3 heteroatoms. The van der Waals surface area contributed by atoms with Gasteiger partial charge in [0, 0.05) is 11.1 Å². The Labute approximate surface area is 275 Å². The molecule has 0 fully saturated rings. The molecule has 4 aromatic rings. The van der Waals surface area contributed by atoms with Crippen molar-refractivity contribution >= 4 is 9.03 Å². The topological polar surface area (TPSA) is 29.5 Å². The molecule has 1 unspecified atom stereocenters. The molecular formula is C42H55O2P. The lowest BCUT2D eigenvalue weighted by Crippen LogP contribution is -2.19. The first-order valence-corrected chi connectivity index (χ1v) is 17.1. The van der Waals surface area contributed by atoms with Crippen LogP contribution in [0.25, 0.3) is 33.4 Å². The second kappa shape index (κ2) is 12.4. The minimum Gasteiger partial charge on any atom is -0.449 e. The molecule has 0 aliphatic carbocycles. The monoisotopic (exact) mass is 622 g/mol. The molecule has 1 N–H and O–H groups in total. The zero-order valence-corrected chi connectivity index (χ0v) is 31.2. The van der Waals surface area contributed by atoms with E-state index in [1.807, 2.05) is 0 Å². The van der Waals surface area contributed by atoms with Crippen LogP contribution >= 0.6 is 9.03 Å². The normalized spacial score (nSPS) is 13.1. The minimum atomic E-state index is -0.659. The second-order valence-corrected chi connectivity index (χ2v) is 17.2. The van der Waals surface area contributed by atoms with E-state index >= 15 is 0 Å². The maximum absolute atomic E-state index is 10.2. The third kappa shape index (κ3) is 7.24. The van der Waals surface area contributed by atoms with Crippen molar-refractivity contribution < 1.29 is 9.42 Å². The molecule has 0 aliphatic rings. The summed E-state index contributed by atoms with van der Waals surface area (Å²) in [6.45, 7) is 32.1. The van der Waals surface area contributed by atoms with Crippen LogP contribution in [0, 0.1) is 13.8 Å². The largest absolute Gasteiger partial charge is 0.449 e. The summed E-state index contributed by atoms with van der Waals surface area (Å²) in [6.07, 6.45) is 0. The Balaban J connectivity index is 2.28. The molecule has 45 heavy (non-hydrogen) atoms. The quantitative estimate of drug-likeness (QED) is 0.224. The second-order valence-electron chi connectivity index (χ2n) is 16.8. The van der Waals surface area contributed by atoms with Crippen LogP contribution in [0.1, 0.15) is 116 Å². The molecule has 0 spiro atoms. The van der Waals surface area contributed by atoms with Gasteiger partial charge in [-0.3, -0.25) is 0 Å². The summed E-state index contributed by atoms with van der Waals surface area (Å²) in [5, 5.41) is 0. The van der Waals surface area contributed by atoms with Crippen LogP contribution in [-0.4, -0.2) is 4.89 Å². The first kappa shape index (κ1) is 34.9. The Morgan fingerprint density at radius 2 is 0.933 bits per heavy atom. The highest BCUT2D eigenvalue weighted by atomic mass is 31.1. The molecule has 0 aliphatic heterocycles. The van der Waals surface area contributed by atoms with Gasteiger partial charge in [-0.05, 0) is 97.2 Å². The van der Waals surface area contributed by atoms with E-state index in [1.54, 1.807) is 0 Å². The molecule has 0 amide bonds. The lowest BCUT2D eigenvalue weighted by atomic mass is 9.72. The predicted molar refractivity (Wildman–Crippen MR) is 198 cm³/mol. The van der Waals surface area contributed by atoms with Crippen LogP contribution in [0.15, 0.2) is 66.7 Å². The van der Waals surface area contributed by atoms with Crippen molar-refractivity contribution in [2.24, 2.45) is 0 Å². The molecular weight excluding hydrogens is 567 g/mol. The summed E-state index contributed by atoms with van der Waals surface area (Å²) in [6, 6.07) is 24.6. The minimum absolute atomic E-state index is 0.00642. The number of aryl methyl sites for hydroxylation is 2. The molecule has 0 heterocycles. The highest BCUT2D eigenvalue weighted by molar-refractivity contribution is 7.25. The fourth-order valence-electron chi connectivity index (χ4n) is 6.82. The molecule has 0 saturated heterocycles. The van der Waals surface area contributed by atoms with E-state index in [1.165, 1.54) is 44.5 Å². The van der Waals surface area contributed by atoms with E-state index in [4.69, 9.17) is 4.52 Å². The molecule has 0 radical (unpaired) electrons. The van der Waals surface area contributed by atoms with Gasteiger partial charge in [-0.1, -0.05) is 144 Å². The van der Waals surface area contributed by atoms with Gasteiger partial charge in [0.1, 0.15) is 5.75 Å². The SMILES string of the molecule is Cc1cc(-c2ccc(OPO)c(-c3cc(C)c(C(C)(C)C)cc3C(C)(C)C)c2-c2ccccc2)c(C(C)(C)C)cc1C(C)(C)C. The summed E-state index contributed by atoms with van der Waals surface area (Å²) in [7, 11) is -0.659. The number of benzene rings is 4. The molecule has 4 aromatic carbocycles. The number of hydrogen-bond donors (Lipinski definition) is 1. The van der Waals surface area contributed by atoms with Gasteiger partial charge in [-0.15, -0.1) is 0 Å². The van der Waals surface area contributed by atoms with Gasteiger partial charge >= 0.3 is 0 Å². The summed E-state index contributed by atoms with van der Waals surface area (Å²) in [5.74, 6) is 0.701. The van der Waals surface area contributed by atoms with E-state index in [2.05, 4.69) is 164 Å². The van der Waals surface area contributed by atoms with E-state index in [0.717, 1.165) is 22.3 Å². The van der Waals surface area contributed by atoms with Crippen LogP contribution in [0.3, 0.4) is 0 Å². The maximum Gasteiger partial charge on any atom is 0.212 e. The lowest BCUT2D eigenvalue weighted by Gasteiger charge is -2.32. The number of hydrogen-bond acceptors (Lipinski definition) is 2. The fourth-order valence-corrected chi connectivity index (χ4v) is 7.09. The van der Waals surface area contributed by atoms with Gasteiger partial charge in [-0.25, -0.2) is 0 Å². The van der Waals surface area contributed by atoms with Gasteiger partial charge in [0.15, 0.2) is 0 Å². The standard InChI is InChI=1S/C42H55O2P/c1-26-22-30(34(41(9,10)11)24-32(26)39(3,4)5)29-20-21-36(44-45-43)38(37(29)28-18-16-15-17-19-28)31-23-27(2)33(40(6,7)8)25-35(31)42(12,13)14/h15-25,43,45H,1-14H3. The third-order valence-corrected chi connectivity index (χ3v) is 9.22. The van der Waals surface area contributed by atoms with Crippen LogP contribution in [-0.2, 0) is 21.7 Å². The maximum atomic E-state index is 10.2. The first-order valence-electron chi connectivity index (χ1n) is 16.3. The van der Waals surface area contributed by atoms with E-state index in [9.17, 15) is 4.89 Å². The van der Waals surface area contributed by atoms with Crippen LogP contribution in [0.4, 0.5) is 0 Å². The van der Waals surface area contributed by atoms with Gasteiger partial charge in [-0.2, -0.15) is 0 Å². The Bertz CT molecular complexity index is 1690. The Morgan fingerprint density at radius 3 is 1.38 bits per heavy atom. The average molecular weight is 623 g/mol. The Hall–Kier alpha value is -2.93. The zero-order valence-electron chi connectivity index (χ0n) is 30.2. The van der Waals surface area contributed by atoms with Gasteiger partial charge in [0.25, 0.3) is 0 Å². The highest BCUT2D eigenvalue weighted by Gasteiger charge is 2.31.